The number of nitrogens with zero attached hydrogens (tertiary/aromatic N) is 1. The van der Waals surface area contributed by atoms with Crippen LogP contribution in [0.25, 0.3) is 6.08 Å². The van der Waals surface area contributed by atoms with Gasteiger partial charge in [0.05, 0.1) is 13.2 Å². The lowest BCUT2D eigenvalue weighted by Crippen LogP contribution is -2.21. The van der Waals surface area contributed by atoms with Crippen molar-refractivity contribution in [2.75, 3.05) is 13.2 Å². The van der Waals surface area contributed by atoms with Crippen LogP contribution in [0.1, 0.15) is 16.8 Å². The van der Waals surface area contributed by atoms with E-state index in [-0.39, 0.29) is 0 Å². The summed E-state index contributed by atoms with van der Waals surface area (Å²) in [5.41, 5.74) is 0. The summed E-state index contributed by atoms with van der Waals surface area (Å²) in [5.74, 6) is -0.648. The van der Waals surface area contributed by atoms with E-state index in [1.54, 1.807) is 17.4 Å². The molecule has 0 bridgehead atoms. The van der Waals surface area contributed by atoms with Gasteiger partial charge in [-0.05, 0) is 13.0 Å². The van der Waals surface area contributed by atoms with Crippen molar-refractivity contribution in [3.8, 4) is 0 Å². The number of allylic oxidation sites excluding steroid dienone is 2. The first-order valence-corrected chi connectivity index (χ1v) is 5.59. The van der Waals surface area contributed by atoms with Gasteiger partial charge in [0.1, 0.15) is 0 Å². The van der Waals surface area contributed by atoms with Crippen LogP contribution in [0.2, 0.25) is 0 Å². The van der Waals surface area contributed by atoms with Crippen LogP contribution in [0.4, 0.5) is 0 Å². The first kappa shape index (κ1) is 10.5. The van der Waals surface area contributed by atoms with Crippen molar-refractivity contribution in [2.24, 2.45) is 0 Å². The molecule has 1 aliphatic rings. The predicted octanol–water partition coefficient (Wildman–Crippen LogP) is 2.56. The molecule has 15 heavy (non-hydrogen) atoms. The Labute approximate surface area is 93.1 Å². The zero-order valence-corrected chi connectivity index (χ0v) is 9.42. The lowest BCUT2D eigenvalue weighted by atomic mass is 10.3. The third-order valence-corrected chi connectivity index (χ3v) is 3.29. The largest absolute Gasteiger partial charge is 0.342 e. The molecule has 2 rings (SSSR count). The number of hydrogen-bond acceptors (Lipinski definition) is 4. The molecule has 0 saturated carbocycles. The SMILES string of the molecule is C=C/C=C/c1cnc(C2(C)OCCO2)s1. The fraction of sp³-hybridized carbons (Fsp3) is 0.364. The first-order valence-electron chi connectivity index (χ1n) is 4.78. The molecule has 0 unspecified atom stereocenters. The molecule has 1 aliphatic heterocycles. The Morgan fingerprint density at radius 2 is 2.27 bits per heavy atom. The molecule has 3 nitrogen and oxygen atoms in total. The molecule has 2 heterocycles. The molecule has 0 N–H and O–H groups in total. The van der Waals surface area contributed by atoms with E-state index < -0.39 is 5.79 Å². The van der Waals surface area contributed by atoms with Crippen molar-refractivity contribution < 1.29 is 9.47 Å². The van der Waals surface area contributed by atoms with Crippen molar-refractivity contribution in [1.29, 1.82) is 0 Å². The predicted molar refractivity (Wildman–Crippen MR) is 60.6 cm³/mol. The average molecular weight is 223 g/mol. The normalized spacial score (nSPS) is 19.8. The summed E-state index contributed by atoms with van der Waals surface area (Å²) in [6, 6.07) is 0. The zero-order valence-electron chi connectivity index (χ0n) is 8.60. The number of hydrogen-bond donors (Lipinski definition) is 0. The summed E-state index contributed by atoms with van der Waals surface area (Å²) in [6.45, 7) is 6.79. The van der Waals surface area contributed by atoms with Gasteiger partial charge in [-0.1, -0.05) is 18.7 Å². The Bertz CT molecular complexity index is 378. The second-order valence-electron chi connectivity index (χ2n) is 3.31. The Morgan fingerprint density at radius 3 is 2.93 bits per heavy atom. The maximum atomic E-state index is 5.53. The molecular formula is C11H13NO2S. The second kappa shape index (κ2) is 4.26. The minimum atomic E-state index is -0.648. The van der Waals surface area contributed by atoms with Crippen LogP contribution in [0.15, 0.2) is 24.9 Å². The molecular weight excluding hydrogens is 210 g/mol. The minimum Gasteiger partial charge on any atom is -0.342 e. The highest BCUT2D eigenvalue weighted by molar-refractivity contribution is 7.12. The summed E-state index contributed by atoms with van der Waals surface area (Å²) in [4.78, 5) is 5.38. The number of ether oxygens (including phenoxy) is 2. The van der Waals surface area contributed by atoms with Gasteiger partial charge in [0.25, 0.3) is 0 Å². The molecule has 0 atom stereocenters. The van der Waals surface area contributed by atoms with Crippen molar-refractivity contribution in [3.05, 3.63) is 34.8 Å². The monoisotopic (exact) mass is 223 g/mol. The van der Waals surface area contributed by atoms with E-state index in [0.29, 0.717) is 13.2 Å². The van der Waals surface area contributed by atoms with E-state index in [1.807, 2.05) is 25.3 Å². The van der Waals surface area contributed by atoms with E-state index in [9.17, 15) is 0 Å². The number of rotatable bonds is 3. The van der Waals surface area contributed by atoms with E-state index in [0.717, 1.165) is 9.88 Å². The highest BCUT2D eigenvalue weighted by Crippen LogP contribution is 2.33. The maximum absolute atomic E-state index is 5.53. The Kier molecular flexibility index (Phi) is 3.00. The molecule has 0 aromatic carbocycles. The summed E-state index contributed by atoms with van der Waals surface area (Å²) < 4.78 is 11.1. The van der Waals surface area contributed by atoms with Crippen LogP contribution < -0.4 is 0 Å². The number of thiazole rings is 1. The van der Waals surface area contributed by atoms with Gasteiger partial charge >= 0.3 is 0 Å². The van der Waals surface area contributed by atoms with Crippen molar-refractivity contribution >= 4 is 17.4 Å². The van der Waals surface area contributed by atoms with E-state index >= 15 is 0 Å². The Balaban J connectivity index is 2.19. The summed E-state index contributed by atoms with van der Waals surface area (Å²) in [5, 5.41) is 0.865. The van der Waals surface area contributed by atoms with Gasteiger partial charge in [-0.2, -0.15) is 0 Å². The Morgan fingerprint density at radius 1 is 1.53 bits per heavy atom. The molecule has 0 radical (unpaired) electrons. The maximum Gasteiger partial charge on any atom is 0.219 e. The van der Waals surface area contributed by atoms with E-state index in [4.69, 9.17) is 9.47 Å². The fourth-order valence-corrected chi connectivity index (χ4v) is 2.26. The molecule has 1 aromatic rings. The van der Waals surface area contributed by atoms with Gasteiger partial charge in [-0.25, -0.2) is 4.98 Å². The van der Waals surface area contributed by atoms with Crippen molar-refractivity contribution in [1.82, 2.24) is 4.98 Å². The van der Waals surface area contributed by atoms with E-state index in [2.05, 4.69) is 11.6 Å². The summed E-state index contributed by atoms with van der Waals surface area (Å²) >= 11 is 1.57. The van der Waals surface area contributed by atoms with Gasteiger partial charge in [0.2, 0.25) is 5.79 Å². The summed E-state index contributed by atoms with van der Waals surface area (Å²) in [7, 11) is 0. The van der Waals surface area contributed by atoms with Crippen LogP contribution in [0, 0.1) is 0 Å². The first-order chi connectivity index (χ1) is 7.24. The second-order valence-corrected chi connectivity index (χ2v) is 4.37. The van der Waals surface area contributed by atoms with Crippen LogP contribution >= 0.6 is 11.3 Å². The van der Waals surface area contributed by atoms with Crippen molar-refractivity contribution in [2.45, 2.75) is 12.7 Å². The molecule has 1 aromatic heterocycles. The Hall–Kier alpha value is -0.970. The lowest BCUT2D eigenvalue weighted by molar-refractivity contribution is -0.149. The van der Waals surface area contributed by atoms with Crippen LogP contribution in [0.3, 0.4) is 0 Å². The summed E-state index contributed by atoms with van der Waals surface area (Å²) in [6.07, 6.45) is 7.41. The minimum absolute atomic E-state index is 0.633. The molecule has 4 heteroatoms. The molecule has 1 fully saturated rings. The van der Waals surface area contributed by atoms with Gasteiger partial charge < -0.3 is 9.47 Å². The smallest absolute Gasteiger partial charge is 0.219 e. The third-order valence-electron chi connectivity index (χ3n) is 2.15. The van der Waals surface area contributed by atoms with E-state index in [1.165, 1.54) is 0 Å². The highest BCUT2D eigenvalue weighted by atomic mass is 32.1. The van der Waals surface area contributed by atoms with Gasteiger partial charge in [0.15, 0.2) is 5.01 Å². The lowest BCUT2D eigenvalue weighted by Gasteiger charge is -2.18. The van der Waals surface area contributed by atoms with Crippen LogP contribution in [-0.4, -0.2) is 18.2 Å². The van der Waals surface area contributed by atoms with Gasteiger partial charge in [-0.15, -0.1) is 11.3 Å². The molecule has 0 spiro atoms. The fourth-order valence-electron chi connectivity index (χ4n) is 1.37. The van der Waals surface area contributed by atoms with Crippen LogP contribution in [0.5, 0.6) is 0 Å². The zero-order chi connectivity index (χ0) is 10.7. The van der Waals surface area contributed by atoms with Gasteiger partial charge in [0, 0.05) is 11.1 Å². The highest BCUT2D eigenvalue weighted by Gasteiger charge is 2.35. The third kappa shape index (κ3) is 2.17. The van der Waals surface area contributed by atoms with Gasteiger partial charge in [-0.3, -0.25) is 0 Å². The molecule has 1 saturated heterocycles. The molecule has 80 valence electrons. The van der Waals surface area contributed by atoms with Crippen molar-refractivity contribution in [3.63, 3.8) is 0 Å². The molecule has 0 aliphatic carbocycles. The quantitative estimate of drug-likeness (QED) is 0.738. The number of aromatic nitrogens is 1. The molecule has 0 amide bonds. The topological polar surface area (TPSA) is 31.4 Å². The average Bonchev–Trinajstić information content (AvgIpc) is 2.84. The van der Waals surface area contributed by atoms with Crippen LogP contribution in [-0.2, 0) is 15.3 Å². The standard InChI is InChI=1S/C11H13NO2S/c1-3-4-5-9-8-12-10(15-9)11(2)13-6-7-14-11/h3-5,8H,1,6-7H2,2H3/b5-4+.